The van der Waals surface area contributed by atoms with E-state index in [-0.39, 0.29) is 35.6 Å². The molecule has 0 aromatic heterocycles. The maximum atomic E-state index is 12.6. The van der Waals surface area contributed by atoms with E-state index in [2.05, 4.69) is 9.44 Å². The average Bonchev–Trinajstić information content (AvgIpc) is 3.01. The molecule has 0 amide bonds. The topological polar surface area (TPSA) is 224 Å². The van der Waals surface area contributed by atoms with E-state index in [1.54, 1.807) is 36.4 Å². The van der Waals surface area contributed by atoms with Crippen LogP contribution in [0.1, 0.15) is 44.9 Å². The molecule has 15 nitrogen and oxygen atoms in total. The van der Waals surface area contributed by atoms with Crippen LogP contribution in [-0.4, -0.2) is 102 Å². The molecular weight excluding hydrogens is 681 g/mol. The normalized spacial score (nSPS) is 12.7. The van der Waals surface area contributed by atoms with E-state index in [1.165, 1.54) is 0 Å². The van der Waals surface area contributed by atoms with E-state index in [0.717, 1.165) is 24.6 Å². The minimum absolute atomic E-state index is 0.0457. The fraction of sp³-hybridized carbons (Fsp3) is 0.312. The van der Waals surface area contributed by atoms with Crippen molar-refractivity contribution in [3.63, 3.8) is 0 Å². The Morgan fingerprint density at radius 3 is 1.96 bits per heavy atom. The smallest absolute Gasteiger partial charge is 0.336 e. The van der Waals surface area contributed by atoms with E-state index >= 15 is 0 Å². The molecule has 0 unspecified atom stereocenters. The fourth-order valence-electron chi connectivity index (χ4n) is 5.56. The molecule has 2 aromatic rings. The Morgan fingerprint density at radius 1 is 0.776 bits per heavy atom. The fourth-order valence-corrected chi connectivity index (χ4v) is 6.48. The lowest BCUT2D eigenvalue weighted by atomic mass is 9.88. The van der Waals surface area contributed by atoms with Gasteiger partial charge in [0.1, 0.15) is 17.9 Å². The van der Waals surface area contributed by atoms with Crippen molar-refractivity contribution in [2.75, 3.05) is 56.7 Å². The van der Waals surface area contributed by atoms with Crippen LogP contribution >= 0.6 is 0 Å². The van der Waals surface area contributed by atoms with Gasteiger partial charge in [-0.1, -0.05) is 0 Å². The van der Waals surface area contributed by atoms with Crippen molar-refractivity contribution in [1.82, 2.24) is 14.0 Å². The molecule has 49 heavy (non-hydrogen) atoms. The number of benzene rings is 3. The second kappa shape index (κ2) is 14.7. The number of hydrogen-bond acceptors (Lipinski definition) is 9. The highest BCUT2D eigenvalue weighted by molar-refractivity contribution is 7.89. The predicted molar refractivity (Wildman–Crippen MR) is 183 cm³/mol. The molecule has 2 aliphatic rings. The number of anilines is 1. The molecule has 0 fully saturated rings. The van der Waals surface area contributed by atoms with Crippen molar-refractivity contribution in [2.24, 2.45) is 0 Å². The van der Waals surface area contributed by atoms with Crippen LogP contribution in [0.5, 0.6) is 0 Å². The molecule has 262 valence electrons. The molecule has 0 bridgehead atoms. The Labute approximate surface area is 282 Å². The van der Waals surface area contributed by atoms with Crippen molar-refractivity contribution in [2.45, 2.75) is 13.8 Å². The maximum Gasteiger partial charge on any atom is 0.336 e. The number of carboxylic acids is 3. The number of sulfonamides is 2. The molecular formula is C32H37N4O11S2+. The van der Waals surface area contributed by atoms with Crippen LogP contribution in [-0.2, 0) is 20.0 Å². The van der Waals surface area contributed by atoms with Gasteiger partial charge in [-0.3, -0.25) is 0 Å². The summed E-state index contributed by atoms with van der Waals surface area (Å²) >= 11 is 0. The molecule has 17 heteroatoms. The summed E-state index contributed by atoms with van der Waals surface area (Å²) in [6.45, 7) is 5.65. The first-order valence-corrected chi connectivity index (χ1v) is 18.8. The number of fused-ring (bicyclic) bond motifs is 2. The van der Waals surface area contributed by atoms with Crippen molar-refractivity contribution in [3.05, 3.63) is 70.6 Å². The van der Waals surface area contributed by atoms with Crippen LogP contribution in [0.4, 0.5) is 5.69 Å². The van der Waals surface area contributed by atoms with Crippen LogP contribution in [0.15, 0.2) is 52.9 Å². The Kier molecular flexibility index (Phi) is 11.1. The second-order valence-electron chi connectivity index (χ2n) is 11.2. The number of rotatable bonds is 15. The lowest BCUT2D eigenvalue weighted by Gasteiger charge is -2.24. The van der Waals surface area contributed by atoms with Gasteiger partial charge in [0.25, 0.3) is 0 Å². The Hall–Kier alpha value is -4.84. The molecule has 0 saturated carbocycles. The van der Waals surface area contributed by atoms with Gasteiger partial charge in [0, 0.05) is 54.0 Å². The zero-order valence-corrected chi connectivity index (χ0v) is 28.8. The quantitative estimate of drug-likeness (QED) is 0.0880. The summed E-state index contributed by atoms with van der Waals surface area (Å²) in [5.74, 6) is -4.36. The van der Waals surface area contributed by atoms with E-state index < -0.39 is 54.6 Å². The number of nitrogens with one attached hydrogen (secondary N) is 2. The van der Waals surface area contributed by atoms with Gasteiger partial charge in [-0.15, -0.1) is 0 Å². The van der Waals surface area contributed by atoms with Crippen molar-refractivity contribution >= 4 is 54.6 Å². The Morgan fingerprint density at radius 2 is 1.39 bits per heavy atom. The first-order chi connectivity index (χ1) is 22.9. The van der Waals surface area contributed by atoms with Crippen LogP contribution < -0.4 is 24.3 Å². The third-order valence-electron chi connectivity index (χ3n) is 7.79. The summed E-state index contributed by atoms with van der Waals surface area (Å²) in [4.78, 5) is 38.6. The molecule has 2 aromatic carbocycles. The number of likely N-dealkylation sites (N-methyl/N-ethyl adjacent to an activating group) is 2. The lowest BCUT2D eigenvalue weighted by molar-refractivity contribution is 0.0649. The third-order valence-corrected chi connectivity index (χ3v) is 9.25. The van der Waals surface area contributed by atoms with Crippen LogP contribution in [0.25, 0.3) is 33.4 Å². The summed E-state index contributed by atoms with van der Waals surface area (Å²) < 4.78 is 59.7. The molecule has 0 spiro atoms. The van der Waals surface area contributed by atoms with Crippen molar-refractivity contribution in [1.29, 1.82) is 0 Å². The van der Waals surface area contributed by atoms with Gasteiger partial charge in [0.15, 0.2) is 6.54 Å². The van der Waals surface area contributed by atoms with Crippen molar-refractivity contribution < 1.29 is 51.0 Å². The highest BCUT2D eigenvalue weighted by Crippen LogP contribution is 2.43. The summed E-state index contributed by atoms with van der Waals surface area (Å²) in [7, 11) is -6.84. The highest BCUT2D eigenvalue weighted by atomic mass is 32.2. The molecule has 5 N–H and O–H groups in total. The number of carboxylic acid groups (broad SMARTS) is 3. The molecule has 0 atom stereocenters. The Bertz CT molecular complexity index is 2210. The third kappa shape index (κ3) is 8.80. The molecule has 1 aliphatic carbocycles. The number of hydrogen-bond donors (Lipinski definition) is 5. The molecule has 0 radical (unpaired) electrons. The lowest BCUT2D eigenvalue weighted by Crippen LogP contribution is -2.37. The first-order valence-electron chi connectivity index (χ1n) is 15.0. The van der Waals surface area contributed by atoms with Gasteiger partial charge < -0.3 is 24.6 Å². The van der Waals surface area contributed by atoms with Gasteiger partial charge in [0.05, 0.1) is 41.8 Å². The van der Waals surface area contributed by atoms with Gasteiger partial charge in [-0.25, -0.2) is 45.2 Å². The molecule has 4 rings (SSSR count). The number of carbonyl (C=O) groups is 3. The summed E-state index contributed by atoms with van der Waals surface area (Å²) in [5, 5.41) is 30.9. The number of nitrogens with zero attached hydrogens (tertiary/aromatic N) is 2. The van der Waals surface area contributed by atoms with E-state index in [9.17, 15) is 46.5 Å². The molecule has 1 heterocycles. The summed E-state index contributed by atoms with van der Waals surface area (Å²) in [5.41, 5.74) is -0.143. The van der Waals surface area contributed by atoms with Crippen LogP contribution in [0, 0.1) is 0 Å². The van der Waals surface area contributed by atoms with E-state index in [1.807, 2.05) is 23.3 Å². The summed E-state index contributed by atoms with van der Waals surface area (Å²) in [6.07, 6.45) is 2.12. The minimum atomic E-state index is -3.42. The maximum absolute atomic E-state index is 12.6. The van der Waals surface area contributed by atoms with Crippen molar-refractivity contribution in [3.8, 4) is 22.5 Å². The standard InChI is InChI=1S/C32H36N4O11S2/c1-5-35(13-11-33-48(3,43)44)19-7-9-21-27(15-19)47-28-16-20(36(6-2)14-12-34-49(4,45)46)8-10-22(28)29(21)23-17-25(31(39)40)26(32(41)42)18-24(23)30(37)38/h7-10,15-18,33-34H,5-6,11-14H2,1-4H3,(H2-,37,38,39,40,41,42)/p+1. The Balaban J connectivity index is 2.06. The van der Waals surface area contributed by atoms with E-state index in [0.29, 0.717) is 48.2 Å². The summed E-state index contributed by atoms with van der Waals surface area (Å²) in [6, 6.07) is 12.1. The molecule has 1 aliphatic heterocycles. The van der Waals surface area contributed by atoms with Gasteiger partial charge in [-0.05, 0) is 49.7 Å². The first kappa shape index (κ1) is 37.0. The SMILES string of the molecule is CCN(CCNS(C)(=O)=O)c1ccc2c(-c3cc(C(=O)O)c(C(=O)O)cc3C(=O)O)c3ccc(=[N+](CC)CCNS(C)(=O)=O)cc-3oc2c1. The predicted octanol–water partition coefficient (Wildman–Crippen LogP) is 2.02. The van der Waals surface area contributed by atoms with E-state index in [4.69, 9.17) is 4.42 Å². The second-order valence-corrected chi connectivity index (χ2v) is 14.9. The minimum Gasteiger partial charge on any atom is -0.478 e. The van der Waals surface area contributed by atoms with Gasteiger partial charge >= 0.3 is 17.9 Å². The molecule has 0 saturated heterocycles. The monoisotopic (exact) mass is 717 g/mol. The van der Waals surface area contributed by atoms with Crippen LogP contribution in [0.3, 0.4) is 0 Å². The average molecular weight is 718 g/mol. The highest BCUT2D eigenvalue weighted by Gasteiger charge is 2.27. The van der Waals surface area contributed by atoms with Gasteiger partial charge in [0.2, 0.25) is 25.4 Å². The van der Waals surface area contributed by atoms with Gasteiger partial charge in [-0.2, -0.15) is 0 Å². The van der Waals surface area contributed by atoms with Crippen LogP contribution in [0.2, 0.25) is 0 Å². The largest absolute Gasteiger partial charge is 0.478 e. The number of aromatic carboxylic acids is 3. The zero-order chi connectivity index (χ0) is 36.3. The zero-order valence-electron chi connectivity index (χ0n) is 27.2.